The number of nitrogens with two attached hydrogens (primary N) is 2. The van der Waals surface area contributed by atoms with Gasteiger partial charge in [0.2, 0.25) is 5.96 Å². The van der Waals surface area contributed by atoms with Crippen LogP contribution in [0.2, 0.25) is 0 Å². The Balaban J connectivity index is 0.00000132. The van der Waals surface area contributed by atoms with E-state index in [1.54, 1.807) is 0 Å². The van der Waals surface area contributed by atoms with Crippen LogP contribution in [0.1, 0.15) is 29.2 Å². The van der Waals surface area contributed by atoms with Gasteiger partial charge in [-0.25, -0.2) is 0 Å². The van der Waals surface area contributed by atoms with Crippen LogP contribution in [0.25, 0.3) is 0 Å². The average molecular weight is 352 g/mol. The van der Waals surface area contributed by atoms with Crippen molar-refractivity contribution in [2.45, 2.75) is 18.8 Å². The largest absolute Gasteiger partial charge is 0.369 e. The Morgan fingerprint density at radius 1 is 1.00 bits per heavy atom. The molecule has 1 aliphatic rings. The van der Waals surface area contributed by atoms with Crippen molar-refractivity contribution in [3.05, 3.63) is 65.5 Å². The van der Waals surface area contributed by atoms with Gasteiger partial charge in [0.15, 0.2) is 0 Å². The van der Waals surface area contributed by atoms with E-state index in [0.29, 0.717) is 5.92 Å². The van der Waals surface area contributed by atoms with Crippen molar-refractivity contribution in [1.82, 2.24) is 4.98 Å². The van der Waals surface area contributed by atoms with Gasteiger partial charge in [-0.05, 0) is 36.5 Å². The fourth-order valence-electron chi connectivity index (χ4n) is 2.69. The minimum absolute atomic E-state index is 0. The average Bonchev–Trinajstić information content (AvgIpc) is 2.53. The van der Waals surface area contributed by atoms with E-state index in [-0.39, 0.29) is 30.8 Å². The lowest BCUT2D eigenvalue weighted by atomic mass is 9.81. The molecular formula is C16H19Cl2N5. The minimum atomic E-state index is -0.0326. The molecule has 0 radical (unpaired) electrons. The van der Waals surface area contributed by atoms with Crippen molar-refractivity contribution in [1.29, 1.82) is 0 Å². The van der Waals surface area contributed by atoms with Gasteiger partial charge in [0.25, 0.3) is 0 Å². The van der Waals surface area contributed by atoms with Gasteiger partial charge in [-0.2, -0.15) is 5.10 Å². The Hall–Kier alpha value is -2.11. The molecular weight excluding hydrogens is 333 g/mol. The number of benzene rings is 1. The summed E-state index contributed by atoms with van der Waals surface area (Å²) >= 11 is 0. The molecule has 4 N–H and O–H groups in total. The van der Waals surface area contributed by atoms with E-state index in [1.165, 1.54) is 5.56 Å². The molecule has 0 saturated carbocycles. The number of fused-ring (bicyclic) bond motifs is 1. The second-order valence-electron chi connectivity index (χ2n) is 5.09. The van der Waals surface area contributed by atoms with Gasteiger partial charge in [0.1, 0.15) is 0 Å². The summed E-state index contributed by atoms with van der Waals surface area (Å²) in [5.41, 5.74) is 15.0. The van der Waals surface area contributed by atoms with E-state index in [1.807, 2.05) is 24.4 Å². The summed E-state index contributed by atoms with van der Waals surface area (Å²) in [7, 11) is 0. The molecule has 1 heterocycles. The molecule has 2 aromatic rings. The van der Waals surface area contributed by atoms with Crippen molar-refractivity contribution < 1.29 is 0 Å². The zero-order valence-electron chi connectivity index (χ0n) is 12.4. The number of rotatable bonds is 2. The number of hydrogen-bond acceptors (Lipinski definition) is 3. The zero-order chi connectivity index (χ0) is 14.7. The second-order valence-corrected chi connectivity index (χ2v) is 5.09. The zero-order valence-corrected chi connectivity index (χ0v) is 14.1. The van der Waals surface area contributed by atoms with E-state index in [9.17, 15) is 0 Å². The van der Waals surface area contributed by atoms with E-state index >= 15 is 0 Å². The van der Waals surface area contributed by atoms with Crippen LogP contribution in [0.5, 0.6) is 0 Å². The molecule has 1 unspecified atom stereocenters. The van der Waals surface area contributed by atoms with Crippen LogP contribution in [0.15, 0.2) is 58.9 Å². The van der Waals surface area contributed by atoms with Crippen LogP contribution in [-0.4, -0.2) is 16.7 Å². The first kappa shape index (κ1) is 18.9. The summed E-state index contributed by atoms with van der Waals surface area (Å²) in [6, 6.07) is 14.3. The van der Waals surface area contributed by atoms with E-state index in [2.05, 4.69) is 39.5 Å². The molecule has 0 spiro atoms. The van der Waals surface area contributed by atoms with Gasteiger partial charge < -0.3 is 11.5 Å². The number of pyridine rings is 1. The highest BCUT2D eigenvalue weighted by atomic mass is 35.5. The molecule has 0 amide bonds. The molecule has 122 valence electrons. The summed E-state index contributed by atoms with van der Waals surface area (Å²) in [4.78, 5) is 4.48. The van der Waals surface area contributed by atoms with Crippen LogP contribution in [0, 0.1) is 0 Å². The van der Waals surface area contributed by atoms with Crippen LogP contribution < -0.4 is 11.5 Å². The lowest BCUT2D eigenvalue weighted by molar-refractivity contribution is 0.678. The molecule has 1 aromatic heterocycles. The Morgan fingerprint density at radius 2 is 1.74 bits per heavy atom. The normalized spacial score (nSPS) is 17.4. The molecule has 0 fully saturated rings. The summed E-state index contributed by atoms with van der Waals surface area (Å²) in [6.07, 6.45) is 3.52. The smallest absolute Gasteiger partial charge is 0.211 e. The summed E-state index contributed by atoms with van der Waals surface area (Å²) < 4.78 is 0. The SMILES string of the molecule is Cl.Cl.NC(N)=N/N=C1\CC(c2ccccc2)Cc2ncccc21. The van der Waals surface area contributed by atoms with Gasteiger partial charge in [-0.15, -0.1) is 29.9 Å². The van der Waals surface area contributed by atoms with Crippen LogP contribution in [0.3, 0.4) is 0 Å². The van der Waals surface area contributed by atoms with Gasteiger partial charge >= 0.3 is 0 Å². The highest BCUT2D eigenvalue weighted by molar-refractivity contribution is 6.03. The van der Waals surface area contributed by atoms with Crippen molar-refractivity contribution in [3.8, 4) is 0 Å². The van der Waals surface area contributed by atoms with Crippen molar-refractivity contribution >= 4 is 36.5 Å². The molecule has 5 nitrogen and oxygen atoms in total. The fraction of sp³-hybridized carbons (Fsp3) is 0.188. The number of aromatic nitrogens is 1. The quantitative estimate of drug-likeness (QED) is 0.495. The molecule has 1 aliphatic carbocycles. The molecule has 23 heavy (non-hydrogen) atoms. The molecule has 7 heteroatoms. The molecule has 3 rings (SSSR count). The first-order valence-corrected chi connectivity index (χ1v) is 6.88. The standard InChI is InChI=1S/C16H17N5.2ClH/c17-16(18)21-20-15-10-12(11-5-2-1-3-6-11)9-14-13(15)7-4-8-19-14;;/h1-8,12H,9-10H2,(H4,17,18,21);2*1H/b20-15+;;. The van der Waals surface area contributed by atoms with Crippen LogP contribution in [-0.2, 0) is 6.42 Å². The highest BCUT2D eigenvalue weighted by Gasteiger charge is 2.25. The monoisotopic (exact) mass is 351 g/mol. The van der Waals surface area contributed by atoms with Crippen LogP contribution >= 0.6 is 24.8 Å². The maximum Gasteiger partial charge on any atom is 0.211 e. The van der Waals surface area contributed by atoms with Gasteiger partial charge in [-0.3, -0.25) is 4.98 Å². The molecule has 0 aliphatic heterocycles. The molecule has 0 bridgehead atoms. The predicted molar refractivity (Wildman–Crippen MR) is 98.6 cm³/mol. The topological polar surface area (TPSA) is 89.7 Å². The highest BCUT2D eigenvalue weighted by Crippen LogP contribution is 2.31. The maximum atomic E-state index is 5.38. The minimum Gasteiger partial charge on any atom is -0.369 e. The molecule has 1 aromatic carbocycles. The number of nitrogens with zero attached hydrogens (tertiary/aromatic N) is 3. The van der Waals surface area contributed by atoms with E-state index < -0.39 is 0 Å². The van der Waals surface area contributed by atoms with Crippen LogP contribution in [0.4, 0.5) is 0 Å². The molecule has 0 saturated heterocycles. The van der Waals surface area contributed by atoms with E-state index in [0.717, 1.165) is 29.8 Å². The lowest BCUT2D eigenvalue weighted by Gasteiger charge is -2.25. The van der Waals surface area contributed by atoms with E-state index in [4.69, 9.17) is 11.5 Å². The molecule has 1 atom stereocenters. The number of hydrogen-bond donors (Lipinski definition) is 2. The second kappa shape index (κ2) is 8.50. The Kier molecular flexibility index (Phi) is 7.00. The number of halogens is 2. The third kappa shape index (κ3) is 4.43. The Morgan fingerprint density at radius 3 is 2.43 bits per heavy atom. The first-order chi connectivity index (χ1) is 10.2. The van der Waals surface area contributed by atoms with Gasteiger partial charge in [0.05, 0.1) is 11.4 Å². The third-order valence-electron chi connectivity index (χ3n) is 3.64. The Labute approximate surface area is 147 Å². The van der Waals surface area contributed by atoms with Crippen molar-refractivity contribution in [3.63, 3.8) is 0 Å². The first-order valence-electron chi connectivity index (χ1n) is 6.88. The fourth-order valence-corrected chi connectivity index (χ4v) is 2.69. The Bertz CT molecular complexity index is 697. The van der Waals surface area contributed by atoms with Gasteiger partial charge in [0, 0.05) is 11.8 Å². The maximum absolute atomic E-state index is 5.38. The van der Waals surface area contributed by atoms with Gasteiger partial charge in [-0.1, -0.05) is 30.3 Å². The van der Waals surface area contributed by atoms with Crippen molar-refractivity contribution in [2.24, 2.45) is 21.7 Å². The predicted octanol–water partition coefficient (Wildman–Crippen LogP) is 2.63. The summed E-state index contributed by atoms with van der Waals surface area (Å²) in [5, 5.41) is 8.02. The third-order valence-corrected chi connectivity index (χ3v) is 3.64. The summed E-state index contributed by atoms with van der Waals surface area (Å²) in [6.45, 7) is 0. The lowest BCUT2D eigenvalue weighted by Crippen LogP contribution is -2.23. The summed E-state index contributed by atoms with van der Waals surface area (Å²) in [5.74, 6) is 0.316. The van der Waals surface area contributed by atoms with Crippen molar-refractivity contribution in [2.75, 3.05) is 0 Å². The number of guanidine groups is 1.